The minimum absolute atomic E-state index is 0.273. The molecule has 0 atom stereocenters. The van der Waals surface area contributed by atoms with Crippen LogP contribution in [0, 0.1) is 0 Å². The highest BCUT2D eigenvalue weighted by molar-refractivity contribution is 5.96. The van der Waals surface area contributed by atoms with Gasteiger partial charge < -0.3 is 4.74 Å². The molecule has 0 radical (unpaired) electrons. The fraction of sp³-hybridized carbons (Fsp3) is 0.0625. The van der Waals surface area contributed by atoms with Crippen molar-refractivity contribution in [3.05, 3.63) is 63.4 Å². The summed E-state index contributed by atoms with van der Waals surface area (Å²) in [4.78, 5) is 28.8. The maximum absolute atomic E-state index is 12.3. The first kappa shape index (κ1) is 13.3. The zero-order valence-corrected chi connectivity index (χ0v) is 12.2. The van der Waals surface area contributed by atoms with Crippen molar-refractivity contribution >= 4 is 16.6 Å². The Hall–Kier alpha value is -3.35. The van der Waals surface area contributed by atoms with Gasteiger partial charge >= 0.3 is 0 Å². The van der Waals surface area contributed by atoms with Crippen molar-refractivity contribution in [2.75, 3.05) is 7.11 Å². The first-order valence-corrected chi connectivity index (χ1v) is 6.94. The van der Waals surface area contributed by atoms with Crippen LogP contribution in [0.3, 0.4) is 0 Å². The van der Waals surface area contributed by atoms with E-state index in [1.807, 2.05) is 12.1 Å². The largest absolute Gasteiger partial charge is 0.497 e. The molecule has 0 saturated carbocycles. The molecular formula is C16H12N4O3. The summed E-state index contributed by atoms with van der Waals surface area (Å²) in [5.74, 6) is 0.715. The molecule has 0 fully saturated rings. The molecule has 23 heavy (non-hydrogen) atoms. The fourth-order valence-corrected chi connectivity index (χ4v) is 2.75. The first-order valence-electron chi connectivity index (χ1n) is 6.94. The number of H-pyrrole nitrogens is 2. The van der Waals surface area contributed by atoms with Gasteiger partial charge in [-0.15, -0.1) is 0 Å². The summed E-state index contributed by atoms with van der Waals surface area (Å²) in [5.41, 5.74) is 1.58. The van der Waals surface area contributed by atoms with Gasteiger partial charge in [-0.2, -0.15) is 0 Å². The quantitative estimate of drug-likeness (QED) is 0.587. The standard InChI is InChI=1S/C16H12N4O3/c1-23-10-4-2-9(3-5-10)11-8-12-17-6-7-20(12)14-13(11)15(21)18-19-16(14)22/h2-8H,1H3,(H,18,21)(H,19,22). The number of aromatic amines is 2. The molecule has 7 nitrogen and oxygen atoms in total. The van der Waals surface area contributed by atoms with Crippen LogP contribution in [0.15, 0.2) is 52.3 Å². The van der Waals surface area contributed by atoms with Gasteiger partial charge in [0, 0.05) is 18.0 Å². The highest BCUT2D eigenvalue weighted by Gasteiger charge is 2.15. The monoisotopic (exact) mass is 308 g/mol. The summed E-state index contributed by atoms with van der Waals surface area (Å²) in [6.07, 6.45) is 3.25. The van der Waals surface area contributed by atoms with Gasteiger partial charge in [-0.1, -0.05) is 12.1 Å². The van der Waals surface area contributed by atoms with Gasteiger partial charge in [-0.3, -0.25) is 24.2 Å². The van der Waals surface area contributed by atoms with Crippen LogP contribution < -0.4 is 15.9 Å². The lowest BCUT2D eigenvalue weighted by atomic mass is 10.0. The number of imidazole rings is 1. The first-order chi connectivity index (χ1) is 11.2. The molecule has 4 rings (SSSR count). The second-order valence-electron chi connectivity index (χ2n) is 5.07. The predicted octanol–water partition coefficient (Wildman–Crippen LogP) is 1.54. The van der Waals surface area contributed by atoms with Crippen molar-refractivity contribution in [2.45, 2.75) is 0 Å². The van der Waals surface area contributed by atoms with Crippen molar-refractivity contribution in [1.29, 1.82) is 0 Å². The second-order valence-corrected chi connectivity index (χ2v) is 5.07. The minimum Gasteiger partial charge on any atom is -0.497 e. The molecule has 2 N–H and O–H groups in total. The number of methoxy groups -OCH3 is 1. The number of hydrogen-bond donors (Lipinski definition) is 2. The fourth-order valence-electron chi connectivity index (χ4n) is 2.75. The lowest BCUT2D eigenvalue weighted by molar-refractivity contribution is 0.415. The third-order valence-electron chi connectivity index (χ3n) is 3.82. The van der Waals surface area contributed by atoms with Crippen molar-refractivity contribution in [2.24, 2.45) is 0 Å². The summed E-state index contributed by atoms with van der Waals surface area (Å²) in [5, 5.41) is 5.06. The highest BCUT2D eigenvalue weighted by Crippen LogP contribution is 2.28. The molecule has 0 saturated heterocycles. The van der Waals surface area contributed by atoms with Gasteiger partial charge in [0.1, 0.15) is 16.9 Å². The van der Waals surface area contributed by atoms with Crippen LogP contribution in [0.2, 0.25) is 0 Å². The lowest BCUT2D eigenvalue weighted by Crippen LogP contribution is -2.21. The predicted molar refractivity (Wildman–Crippen MR) is 85.9 cm³/mol. The molecule has 0 aliphatic rings. The van der Waals surface area contributed by atoms with E-state index >= 15 is 0 Å². The molecule has 0 unspecified atom stereocenters. The molecule has 0 aliphatic heterocycles. The SMILES string of the molecule is COc1ccc(-c2cc3nccn3c3c(=O)[nH][nH]c(=O)c23)cc1. The number of fused-ring (bicyclic) bond motifs is 3. The summed E-state index contributed by atoms with van der Waals surface area (Å²) >= 11 is 0. The Kier molecular flexibility index (Phi) is 2.80. The minimum atomic E-state index is -0.377. The van der Waals surface area contributed by atoms with Crippen LogP contribution in [-0.2, 0) is 0 Å². The van der Waals surface area contributed by atoms with E-state index in [1.54, 1.807) is 42.1 Å². The van der Waals surface area contributed by atoms with Crippen LogP contribution in [0.5, 0.6) is 5.75 Å². The normalized spacial score (nSPS) is 11.2. The van der Waals surface area contributed by atoms with Crippen LogP contribution >= 0.6 is 0 Å². The molecule has 0 amide bonds. The molecule has 0 spiro atoms. The van der Waals surface area contributed by atoms with E-state index in [0.29, 0.717) is 22.3 Å². The Morgan fingerprint density at radius 1 is 1.09 bits per heavy atom. The molecule has 3 aromatic heterocycles. The second kappa shape index (κ2) is 4.84. The van der Waals surface area contributed by atoms with Gasteiger partial charge in [0.2, 0.25) is 0 Å². The zero-order valence-electron chi connectivity index (χ0n) is 12.2. The summed E-state index contributed by atoms with van der Waals surface area (Å²) in [6.45, 7) is 0. The van der Waals surface area contributed by atoms with Crippen LogP contribution in [0.25, 0.3) is 27.7 Å². The van der Waals surface area contributed by atoms with E-state index < -0.39 is 0 Å². The van der Waals surface area contributed by atoms with Gasteiger partial charge in [0.05, 0.1) is 12.5 Å². The number of ether oxygens (including phenoxy) is 1. The molecule has 7 heteroatoms. The van der Waals surface area contributed by atoms with E-state index in [2.05, 4.69) is 15.2 Å². The number of aromatic nitrogens is 4. The third kappa shape index (κ3) is 1.94. The Balaban J connectivity index is 2.17. The number of nitrogens with zero attached hydrogens (tertiary/aromatic N) is 2. The average molecular weight is 308 g/mol. The van der Waals surface area contributed by atoms with Gasteiger partial charge in [0.25, 0.3) is 11.1 Å². The van der Waals surface area contributed by atoms with Gasteiger partial charge in [-0.05, 0) is 23.8 Å². The Morgan fingerprint density at radius 2 is 1.83 bits per heavy atom. The molecule has 0 aliphatic carbocycles. The van der Waals surface area contributed by atoms with E-state index in [9.17, 15) is 9.59 Å². The number of hydrogen-bond acceptors (Lipinski definition) is 4. The number of pyridine rings is 1. The zero-order chi connectivity index (χ0) is 16.0. The van der Waals surface area contributed by atoms with Crippen molar-refractivity contribution in [3.63, 3.8) is 0 Å². The molecule has 1 aromatic carbocycles. The van der Waals surface area contributed by atoms with Crippen molar-refractivity contribution in [3.8, 4) is 16.9 Å². The molecule has 0 bridgehead atoms. The molecule has 114 valence electrons. The number of rotatable bonds is 2. The van der Waals surface area contributed by atoms with Crippen LogP contribution in [0.1, 0.15) is 0 Å². The Morgan fingerprint density at radius 3 is 2.57 bits per heavy atom. The van der Waals surface area contributed by atoms with Crippen molar-refractivity contribution < 1.29 is 4.74 Å². The van der Waals surface area contributed by atoms with E-state index in [0.717, 1.165) is 5.56 Å². The highest BCUT2D eigenvalue weighted by atomic mass is 16.5. The molecule has 4 aromatic rings. The van der Waals surface area contributed by atoms with Gasteiger partial charge in [0.15, 0.2) is 0 Å². The van der Waals surface area contributed by atoms with E-state index in [-0.39, 0.29) is 16.6 Å². The van der Waals surface area contributed by atoms with E-state index in [4.69, 9.17) is 4.74 Å². The summed E-state index contributed by atoms with van der Waals surface area (Å²) in [7, 11) is 1.59. The number of benzene rings is 1. The van der Waals surface area contributed by atoms with Crippen LogP contribution in [-0.4, -0.2) is 26.7 Å². The summed E-state index contributed by atoms with van der Waals surface area (Å²) in [6, 6.07) is 9.08. The Labute approximate surface area is 129 Å². The summed E-state index contributed by atoms with van der Waals surface area (Å²) < 4.78 is 6.76. The molecular weight excluding hydrogens is 296 g/mol. The maximum atomic E-state index is 12.3. The Bertz CT molecular complexity index is 1140. The van der Waals surface area contributed by atoms with Crippen molar-refractivity contribution in [1.82, 2.24) is 19.6 Å². The topological polar surface area (TPSA) is 92.2 Å². The van der Waals surface area contributed by atoms with Gasteiger partial charge in [-0.25, -0.2) is 4.98 Å². The lowest BCUT2D eigenvalue weighted by Gasteiger charge is -2.08. The number of nitrogens with one attached hydrogen (secondary N) is 2. The average Bonchev–Trinajstić information content (AvgIpc) is 3.05. The van der Waals surface area contributed by atoms with E-state index in [1.165, 1.54) is 0 Å². The smallest absolute Gasteiger partial charge is 0.287 e. The maximum Gasteiger partial charge on any atom is 0.287 e. The molecule has 3 heterocycles. The third-order valence-corrected chi connectivity index (χ3v) is 3.82. The van der Waals surface area contributed by atoms with Crippen LogP contribution in [0.4, 0.5) is 0 Å².